The number of para-hydroxylation sites is 1. The van der Waals surface area contributed by atoms with Gasteiger partial charge in [-0.25, -0.2) is 9.48 Å². The number of anilines is 1. The molecule has 2 aliphatic heterocycles. The zero-order valence-electron chi connectivity index (χ0n) is 22.3. The molecular weight excluding hydrogens is 512 g/mol. The molecule has 40 heavy (non-hydrogen) atoms. The Morgan fingerprint density at radius 2 is 1.75 bits per heavy atom. The van der Waals surface area contributed by atoms with E-state index in [9.17, 15) is 9.59 Å². The highest BCUT2D eigenvalue weighted by atomic mass is 16.5. The van der Waals surface area contributed by atoms with E-state index in [-0.39, 0.29) is 11.4 Å². The highest BCUT2D eigenvalue weighted by Crippen LogP contribution is 2.26. The van der Waals surface area contributed by atoms with Crippen molar-refractivity contribution in [1.29, 1.82) is 0 Å². The van der Waals surface area contributed by atoms with Crippen LogP contribution in [0.4, 0.5) is 5.82 Å². The summed E-state index contributed by atoms with van der Waals surface area (Å²) in [5, 5.41) is 9.32. The van der Waals surface area contributed by atoms with Crippen LogP contribution in [0.2, 0.25) is 0 Å². The summed E-state index contributed by atoms with van der Waals surface area (Å²) in [5.41, 5.74) is 3.54. The van der Waals surface area contributed by atoms with Crippen LogP contribution >= 0.6 is 0 Å². The van der Waals surface area contributed by atoms with E-state index < -0.39 is 0 Å². The summed E-state index contributed by atoms with van der Waals surface area (Å²) in [6.45, 7) is 7.32. The van der Waals surface area contributed by atoms with Gasteiger partial charge in [0.25, 0.3) is 0 Å². The first-order valence-corrected chi connectivity index (χ1v) is 13.6. The van der Waals surface area contributed by atoms with Gasteiger partial charge in [-0.2, -0.15) is 0 Å². The van der Waals surface area contributed by atoms with Crippen molar-refractivity contribution in [3.05, 3.63) is 76.1 Å². The molecule has 6 rings (SSSR count). The van der Waals surface area contributed by atoms with Gasteiger partial charge in [0.05, 0.1) is 50.2 Å². The van der Waals surface area contributed by atoms with Crippen molar-refractivity contribution in [2.24, 2.45) is 0 Å². The Balaban J connectivity index is 1.16. The molecule has 0 bridgehead atoms. The predicted molar refractivity (Wildman–Crippen MR) is 150 cm³/mol. The Labute approximate surface area is 231 Å². The van der Waals surface area contributed by atoms with Gasteiger partial charge >= 0.3 is 5.97 Å². The molecule has 11 nitrogen and oxygen atoms in total. The average molecular weight is 545 g/mol. The minimum Gasteiger partial charge on any atom is -0.461 e. The molecule has 2 aromatic heterocycles. The third-order valence-corrected chi connectivity index (χ3v) is 7.27. The summed E-state index contributed by atoms with van der Waals surface area (Å²) in [6, 6.07) is 14.6. The Morgan fingerprint density at radius 1 is 0.975 bits per heavy atom. The molecule has 0 saturated carbocycles. The van der Waals surface area contributed by atoms with E-state index in [1.165, 1.54) is 0 Å². The van der Waals surface area contributed by atoms with Crippen molar-refractivity contribution >= 4 is 22.7 Å². The van der Waals surface area contributed by atoms with E-state index in [1.807, 2.05) is 42.6 Å². The van der Waals surface area contributed by atoms with Crippen LogP contribution in [0, 0.1) is 0 Å². The van der Waals surface area contributed by atoms with E-state index in [0.717, 1.165) is 48.6 Å². The average Bonchev–Trinajstić information content (AvgIpc) is 3.46. The van der Waals surface area contributed by atoms with Crippen LogP contribution in [0.3, 0.4) is 0 Å². The van der Waals surface area contributed by atoms with Crippen molar-refractivity contribution in [3.63, 3.8) is 0 Å². The van der Waals surface area contributed by atoms with Gasteiger partial charge in [0.1, 0.15) is 18.1 Å². The molecule has 4 aromatic rings. The minimum atomic E-state index is -0.342. The number of benzene rings is 2. The van der Waals surface area contributed by atoms with Gasteiger partial charge < -0.3 is 24.1 Å². The second-order valence-electron chi connectivity index (χ2n) is 9.94. The summed E-state index contributed by atoms with van der Waals surface area (Å²) in [4.78, 5) is 33.4. The number of H-pyrrole nitrogens is 1. The number of esters is 1. The highest BCUT2D eigenvalue weighted by Gasteiger charge is 2.17. The van der Waals surface area contributed by atoms with Gasteiger partial charge in [-0.1, -0.05) is 29.5 Å². The predicted octanol–water partition coefficient (Wildman–Crippen LogP) is 2.16. The molecule has 1 N–H and O–H groups in total. The summed E-state index contributed by atoms with van der Waals surface area (Å²) in [7, 11) is 0. The van der Waals surface area contributed by atoms with Crippen molar-refractivity contribution < 1.29 is 19.0 Å². The Kier molecular flexibility index (Phi) is 7.85. The fourth-order valence-corrected chi connectivity index (χ4v) is 5.10. The number of morpholine rings is 2. The summed E-state index contributed by atoms with van der Waals surface area (Å²) in [6.07, 6.45) is 1.85. The van der Waals surface area contributed by atoms with Crippen LogP contribution < -0.4 is 10.3 Å². The smallest absolute Gasteiger partial charge is 0.338 e. The largest absolute Gasteiger partial charge is 0.461 e. The molecule has 2 saturated heterocycles. The van der Waals surface area contributed by atoms with Crippen LogP contribution in [0.5, 0.6) is 0 Å². The van der Waals surface area contributed by atoms with Crippen molar-refractivity contribution in [1.82, 2.24) is 24.9 Å². The van der Waals surface area contributed by atoms with Crippen LogP contribution in [-0.2, 0) is 20.8 Å². The lowest BCUT2D eigenvalue weighted by Crippen LogP contribution is -2.38. The SMILES string of the molecule is O=C(OCCN1CCOCC1)c1cccc(Cn2cc(-c3cccc4c(=O)cc(N5CCOCC5)[nH]c34)nn2)c1. The zero-order chi connectivity index (χ0) is 27.3. The first-order valence-electron chi connectivity index (χ1n) is 13.6. The molecule has 0 radical (unpaired) electrons. The molecule has 2 aliphatic rings. The van der Waals surface area contributed by atoms with Gasteiger partial charge in [0.2, 0.25) is 0 Å². The quantitative estimate of drug-likeness (QED) is 0.333. The monoisotopic (exact) mass is 544 g/mol. The normalized spacial score (nSPS) is 16.4. The maximum absolute atomic E-state index is 12.9. The van der Waals surface area contributed by atoms with Gasteiger partial charge in [0, 0.05) is 49.7 Å². The van der Waals surface area contributed by atoms with Gasteiger partial charge in [0.15, 0.2) is 5.43 Å². The molecule has 4 heterocycles. The fourth-order valence-electron chi connectivity index (χ4n) is 5.10. The molecule has 11 heteroatoms. The number of carbonyl (C=O) groups excluding carboxylic acids is 1. The second kappa shape index (κ2) is 12.0. The van der Waals surface area contributed by atoms with Crippen LogP contribution in [0.15, 0.2) is 59.5 Å². The first-order chi connectivity index (χ1) is 19.6. The summed E-state index contributed by atoms with van der Waals surface area (Å²) in [5.74, 6) is 0.430. The Hall–Kier alpha value is -4.06. The van der Waals surface area contributed by atoms with E-state index >= 15 is 0 Å². The molecule has 0 amide bonds. The van der Waals surface area contributed by atoms with Gasteiger partial charge in [-0.15, -0.1) is 5.10 Å². The number of hydrogen-bond donors (Lipinski definition) is 1. The number of fused-ring (bicyclic) bond motifs is 1. The fraction of sp³-hybridized carbons (Fsp3) is 0.379. The summed E-state index contributed by atoms with van der Waals surface area (Å²) < 4.78 is 18.0. The lowest BCUT2D eigenvalue weighted by atomic mass is 10.1. The number of carbonyl (C=O) groups is 1. The zero-order valence-corrected chi connectivity index (χ0v) is 22.3. The molecule has 0 atom stereocenters. The van der Waals surface area contributed by atoms with Crippen LogP contribution in [0.25, 0.3) is 22.2 Å². The van der Waals surface area contributed by atoms with E-state index in [2.05, 4.69) is 25.1 Å². The van der Waals surface area contributed by atoms with Crippen molar-refractivity contribution in [3.8, 4) is 11.3 Å². The third kappa shape index (κ3) is 5.91. The van der Waals surface area contributed by atoms with Crippen LogP contribution in [-0.4, -0.2) is 96.6 Å². The number of nitrogens with zero attached hydrogens (tertiary/aromatic N) is 5. The lowest BCUT2D eigenvalue weighted by molar-refractivity contribution is 0.0195. The number of pyridine rings is 1. The molecule has 0 unspecified atom stereocenters. The Morgan fingerprint density at radius 3 is 2.58 bits per heavy atom. The molecule has 0 spiro atoms. The topological polar surface area (TPSA) is 115 Å². The van der Waals surface area contributed by atoms with E-state index in [4.69, 9.17) is 14.2 Å². The molecule has 2 aromatic carbocycles. The first kappa shape index (κ1) is 26.2. The van der Waals surface area contributed by atoms with E-state index in [1.54, 1.807) is 16.8 Å². The van der Waals surface area contributed by atoms with Gasteiger partial charge in [-0.3, -0.25) is 9.69 Å². The molecule has 2 fully saturated rings. The minimum absolute atomic E-state index is 0.0434. The van der Waals surface area contributed by atoms with E-state index in [0.29, 0.717) is 62.8 Å². The number of ether oxygens (including phenoxy) is 3. The molecular formula is C29H32N6O5. The number of nitrogens with one attached hydrogen (secondary N) is 1. The van der Waals surface area contributed by atoms with Crippen molar-refractivity contribution in [2.45, 2.75) is 6.54 Å². The van der Waals surface area contributed by atoms with Crippen molar-refractivity contribution in [2.75, 3.05) is 70.7 Å². The second-order valence-corrected chi connectivity index (χ2v) is 9.94. The highest BCUT2D eigenvalue weighted by molar-refractivity contribution is 5.93. The Bertz CT molecular complexity index is 1540. The number of aromatic amines is 1. The van der Waals surface area contributed by atoms with Gasteiger partial charge in [-0.05, 0) is 23.8 Å². The standard InChI is InChI=1S/C29H32N6O5/c36-26-18-27(34-10-14-39-15-11-34)30-28-23(5-2-6-24(26)28)25-20-35(32-31-25)19-21-3-1-4-22(17-21)29(37)40-16-9-33-7-12-38-13-8-33/h1-6,17-18,20H,7-16,19H2,(H,30,36). The number of hydrogen-bond acceptors (Lipinski definition) is 9. The maximum Gasteiger partial charge on any atom is 0.338 e. The summed E-state index contributed by atoms with van der Waals surface area (Å²) >= 11 is 0. The molecule has 0 aliphatic carbocycles. The number of rotatable bonds is 8. The number of aromatic nitrogens is 4. The maximum atomic E-state index is 12.9. The molecule has 208 valence electrons. The van der Waals surface area contributed by atoms with Crippen LogP contribution in [0.1, 0.15) is 15.9 Å². The lowest BCUT2D eigenvalue weighted by Gasteiger charge is -2.28. The third-order valence-electron chi connectivity index (χ3n) is 7.27.